The van der Waals surface area contributed by atoms with Gasteiger partial charge in [0.25, 0.3) is 0 Å². The van der Waals surface area contributed by atoms with E-state index in [1.165, 1.54) is 0 Å². The summed E-state index contributed by atoms with van der Waals surface area (Å²) in [5, 5.41) is 9.58. The molecular formula is C12H12ClNO2. The normalized spacial score (nSPS) is 11.6. The molecule has 0 fully saturated rings. The van der Waals surface area contributed by atoms with E-state index in [1.54, 1.807) is 31.2 Å². The van der Waals surface area contributed by atoms with E-state index >= 15 is 0 Å². The van der Waals surface area contributed by atoms with Crippen LogP contribution in [-0.2, 0) is 9.53 Å². The SMILES string of the molecule is CCOC(=O)C[C@@H](C#N)c1ccc(Cl)cc1. The Morgan fingerprint density at radius 1 is 1.50 bits per heavy atom. The first kappa shape index (κ1) is 12.5. The van der Waals surface area contributed by atoms with E-state index in [2.05, 4.69) is 6.07 Å². The van der Waals surface area contributed by atoms with Gasteiger partial charge in [-0.25, -0.2) is 0 Å². The van der Waals surface area contributed by atoms with E-state index in [1.807, 2.05) is 0 Å². The number of hydrogen-bond acceptors (Lipinski definition) is 3. The predicted molar refractivity (Wildman–Crippen MR) is 61.1 cm³/mol. The molecule has 0 aromatic heterocycles. The summed E-state index contributed by atoms with van der Waals surface area (Å²) >= 11 is 5.74. The number of nitrogens with zero attached hydrogens (tertiary/aromatic N) is 1. The highest BCUT2D eigenvalue weighted by Gasteiger charge is 2.15. The van der Waals surface area contributed by atoms with Crippen LogP contribution in [0.5, 0.6) is 0 Å². The van der Waals surface area contributed by atoms with Crippen molar-refractivity contribution < 1.29 is 9.53 Å². The van der Waals surface area contributed by atoms with Crippen molar-refractivity contribution in [3.8, 4) is 6.07 Å². The molecule has 0 aliphatic rings. The molecule has 0 amide bonds. The molecule has 4 heteroatoms. The molecule has 1 rings (SSSR count). The summed E-state index contributed by atoms with van der Waals surface area (Å²) in [5.74, 6) is -0.833. The first-order valence-corrected chi connectivity index (χ1v) is 5.36. The summed E-state index contributed by atoms with van der Waals surface area (Å²) < 4.78 is 4.80. The number of carbonyl (C=O) groups excluding carboxylic acids is 1. The maximum atomic E-state index is 11.3. The quantitative estimate of drug-likeness (QED) is 0.757. The molecule has 0 heterocycles. The van der Waals surface area contributed by atoms with Crippen LogP contribution in [0.1, 0.15) is 24.8 Å². The Hall–Kier alpha value is -1.53. The minimum atomic E-state index is -0.476. The lowest BCUT2D eigenvalue weighted by Crippen LogP contribution is -2.09. The Labute approximate surface area is 99.6 Å². The van der Waals surface area contributed by atoms with Gasteiger partial charge < -0.3 is 4.74 Å². The van der Waals surface area contributed by atoms with E-state index < -0.39 is 5.92 Å². The first-order chi connectivity index (χ1) is 7.67. The molecule has 0 radical (unpaired) electrons. The van der Waals surface area contributed by atoms with Crippen molar-refractivity contribution >= 4 is 17.6 Å². The minimum Gasteiger partial charge on any atom is -0.466 e. The van der Waals surface area contributed by atoms with Gasteiger partial charge in [0.1, 0.15) is 0 Å². The molecule has 0 N–H and O–H groups in total. The predicted octanol–water partition coefficient (Wildman–Crippen LogP) is 2.90. The molecule has 0 spiro atoms. The van der Waals surface area contributed by atoms with Gasteiger partial charge in [-0.15, -0.1) is 0 Å². The number of rotatable bonds is 4. The third-order valence-electron chi connectivity index (χ3n) is 2.10. The molecule has 1 aromatic carbocycles. The van der Waals surface area contributed by atoms with E-state index in [-0.39, 0.29) is 12.4 Å². The average molecular weight is 238 g/mol. The van der Waals surface area contributed by atoms with Crippen LogP contribution in [-0.4, -0.2) is 12.6 Å². The molecule has 0 saturated carbocycles. The summed E-state index contributed by atoms with van der Waals surface area (Å²) in [6.45, 7) is 2.07. The Bertz CT molecular complexity index is 394. The van der Waals surface area contributed by atoms with Gasteiger partial charge >= 0.3 is 5.97 Å². The Morgan fingerprint density at radius 2 is 2.12 bits per heavy atom. The minimum absolute atomic E-state index is 0.0754. The van der Waals surface area contributed by atoms with Gasteiger partial charge in [0, 0.05) is 5.02 Å². The number of esters is 1. The van der Waals surface area contributed by atoms with Gasteiger partial charge in [-0.3, -0.25) is 4.79 Å². The van der Waals surface area contributed by atoms with Gasteiger partial charge in [0.05, 0.1) is 25.0 Å². The van der Waals surface area contributed by atoms with Crippen LogP contribution in [0, 0.1) is 11.3 Å². The molecule has 0 bridgehead atoms. The highest BCUT2D eigenvalue weighted by Crippen LogP contribution is 2.21. The fraction of sp³-hybridized carbons (Fsp3) is 0.333. The topological polar surface area (TPSA) is 50.1 Å². The summed E-state index contributed by atoms with van der Waals surface area (Å²) in [5.41, 5.74) is 0.778. The van der Waals surface area contributed by atoms with Crippen LogP contribution in [0.15, 0.2) is 24.3 Å². The van der Waals surface area contributed by atoms with Gasteiger partial charge in [-0.2, -0.15) is 5.26 Å². The lowest BCUT2D eigenvalue weighted by molar-refractivity contribution is -0.143. The summed E-state index contributed by atoms with van der Waals surface area (Å²) in [6.07, 6.45) is 0.0754. The lowest BCUT2D eigenvalue weighted by Gasteiger charge is -2.08. The summed E-state index contributed by atoms with van der Waals surface area (Å²) in [7, 11) is 0. The molecule has 0 unspecified atom stereocenters. The van der Waals surface area contributed by atoms with Crippen molar-refractivity contribution in [1.29, 1.82) is 5.26 Å². The maximum Gasteiger partial charge on any atom is 0.307 e. The Kier molecular flexibility index (Phi) is 4.81. The second-order valence-corrected chi connectivity index (χ2v) is 3.68. The van der Waals surface area contributed by atoms with Crippen LogP contribution in [0.2, 0.25) is 5.02 Å². The molecule has 0 aliphatic heterocycles. The fourth-order valence-corrected chi connectivity index (χ4v) is 1.45. The monoisotopic (exact) mass is 237 g/mol. The van der Waals surface area contributed by atoms with E-state index in [0.717, 1.165) is 5.56 Å². The Morgan fingerprint density at radius 3 is 2.62 bits per heavy atom. The smallest absolute Gasteiger partial charge is 0.307 e. The van der Waals surface area contributed by atoms with Crippen molar-refractivity contribution in [3.05, 3.63) is 34.9 Å². The molecule has 16 heavy (non-hydrogen) atoms. The van der Waals surface area contributed by atoms with Crippen LogP contribution in [0.3, 0.4) is 0 Å². The largest absolute Gasteiger partial charge is 0.466 e. The van der Waals surface area contributed by atoms with Crippen molar-refractivity contribution in [2.24, 2.45) is 0 Å². The summed E-state index contributed by atoms with van der Waals surface area (Å²) in [6, 6.07) is 8.98. The zero-order valence-electron chi connectivity index (χ0n) is 8.94. The zero-order valence-corrected chi connectivity index (χ0v) is 9.70. The molecule has 0 saturated heterocycles. The molecule has 1 atom stereocenters. The number of ether oxygens (including phenoxy) is 1. The fourth-order valence-electron chi connectivity index (χ4n) is 1.32. The van der Waals surface area contributed by atoms with Gasteiger partial charge in [0.15, 0.2) is 0 Å². The van der Waals surface area contributed by atoms with E-state index in [0.29, 0.717) is 11.6 Å². The molecule has 0 aliphatic carbocycles. The van der Waals surface area contributed by atoms with Crippen LogP contribution < -0.4 is 0 Å². The highest BCUT2D eigenvalue weighted by molar-refractivity contribution is 6.30. The van der Waals surface area contributed by atoms with Crippen LogP contribution in [0.25, 0.3) is 0 Å². The second-order valence-electron chi connectivity index (χ2n) is 3.24. The molecule has 84 valence electrons. The molecule has 1 aromatic rings. The zero-order chi connectivity index (χ0) is 12.0. The third kappa shape index (κ3) is 3.56. The van der Waals surface area contributed by atoms with Gasteiger partial charge in [0.2, 0.25) is 0 Å². The van der Waals surface area contributed by atoms with Gasteiger partial charge in [-0.1, -0.05) is 23.7 Å². The number of benzene rings is 1. The number of hydrogen-bond donors (Lipinski definition) is 0. The van der Waals surface area contributed by atoms with Crippen molar-refractivity contribution in [2.45, 2.75) is 19.3 Å². The van der Waals surface area contributed by atoms with Crippen molar-refractivity contribution in [1.82, 2.24) is 0 Å². The Balaban J connectivity index is 2.72. The average Bonchev–Trinajstić information content (AvgIpc) is 2.27. The van der Waals surface area contributed by atoms with Gasteiger partial charge in [-0.05, 0) is 24.6 Å². The second kappa shape index (κ2) is 6.14. The van der Waals surface area contributed by atoms with Crippen molar-refractivity contribution in [3.63, 3.8) is 0 Å². The maximum absolute atomic E-state index is 11.3. The lowest BCUT2D eigenvalue weighted by atomic mass is 9.97. The van der Waals surface area contributed by atoms with Crippen LogP contribution in [0.4, 0.5) is 0 Å². The summed E-state index contributed by atoms with van der Waals surface area (Å²) in [4.78, 5) is 11.3. The first-order valence-electron chi connectivity index (χ1n) is 4.98. The van der Waals surface area contributed by atoms with Crippen molar-refractivity contribution in [2.75, 3.05) is 6.61 Å². The van der Waals surface area contributed by atoms with E-state index in [4.69, 9.17) is 21.6 Å². The molecular weight excluding hydrogens is 226 g/mol. The number of halogens is 1. The highest BCUT2D eigenvalue weighted by atomic mass is 35.5. The number of nitriles is 1. The molecule has 3 nitrogen and oxygen atoms in total. The number of carbonyl (C=O) groups is 1. The standard InChI is InChI=1S/C12H12ClNO2/c1-2-16-12(15)7-10(8-14)9-3-5-11(13)6-4-9/h3-6,10H,2,7H2,1H3/t10-/m0/s1. The van der Waals surface area contributed by atoms with E-state index in [9.17, 15) is 4.79 Å². The third-order valence-corrected chi connectivity index (χ3v) is 2.36. The van der Waals surface area contributed by atoms with Crippen LogP contribution >= 0.6 is 11.6 Å².